The number of nitrogens with zero attached hydrogens (tertiary/aromatic N) is 4. The van der Waals surface area contributed by atoms with Gasteiger partial charge in [0.15, 0.2) is 0 Å². The molecule has 0 aliphatic rings. The van der Waals surface area contributed by atoms with Crippen LogP contribution in [-0.4, -0.2) is 37.7 Å². The van der Waals surface area contributed by atoms with E-state index < -0.39 is 0 Å². The van der Waals surface area contributed by atoms with Crippen molar-refractivity contribution in [2.24, 2.45) is 12.8 Å². The molecule has 9 heteroatoms. The summed E-state index contributed by atoms with van der Waals surface area (Å²) >= 11 is 0. The summed E-state index contributed by atoms with van der Waals surface area (Å²) in [4.78, 5) is 16.8. The van der Waals surface area contributed by atoms with Crippen molar-refractivity contribution in [3.63, 3.8) is 0 Å². The van der Waals surface area contributed by atoms with E-state index in [1.165, 1.54) is 0 Å². The van der Waals surface area contributed by atoms with Crippen LogP contribution in [0, 0.1) is 5.41 Å². The Morgan fingerprint density at radius 1 is 1.05 bits per heavy atom. The van der Waals surface area contributed by atoms with Crippen molar-refractivity contribution in [1.29, 1.82) is 5.41 Å². The minimum absolute atomic E-state index is 0.0476. The molecule has 0 atom stereocenters. The fourth-order valence-corrected chi connectivity index (χ4v) is 4.50. The van der Waals surface area contributed by atoms with Crippen LogP contribution in [0.3, 0.4) is 0 Å². The number of nitrogen functional groups attached to an aromatic ring is 1. The number of fused-ring (bicyclic) bond motifs is 1. The average Bonchev–Trinajstić information content (AvgIpc) is 3.52. The number of aryl methyl sites for hydroxylation is 2. The van der Waals surface area contributed by atoms with E-state index in [0.29, 0.717) is 25.1 Å². The Morgan fingerprint density at radius 3 is 2.54 bits per heavy atom. The van der Waals surface area contributed by atoms with Crippen LogP contribution in [0.2, 0.25) is 0 Å². The molecule has 0 aliphatic heterocycles. The molecule has 0 radical (unpaired) electrons. The molecule has 2 aromatic heterocycles. The molecule has 4 N–H and O–H groups in total. The smallest absolute Gasteiger partial charge is 0.306 e. The number of hydrogen-bond acceptors (Lipinski definition) is 6. The van der Waals surface area contributed by atoms with Crippen LogP contribution in [0.15, 0.2) is 78.9 Å². The van der Waals surface area contributed by atoms with Crippen LogP contribution >= 0.6 is 0 Å². The number of nitrogens with two attached hydrogens (primary N) is 1. The topological polar surface area (TPSA) is 124 Å². The number of carbonyl (C=O) groups excluding carboxylic acids is 1. The number of anilines is 1. The zero-order valence-corrected chi connectivity index (χ0v) is 22.0. The maximum atomic E-state index is 11.9. The predicted molar refractivity (Wildman–Crippen MR) is 153 cm³/mol. The van der Waals surface area contributed by atoms with Crippen LogP contribution in [0.5, 0.6) is 0 Å². The number of amidine groups is 1. The summed E-state index contributed by atoms with van der Waals surface area (Å²) in [6, 6.07) is 25.7. The van der Waals surface area contributed by atoms with Crippen LogP contribution in [-0.2, 0) is 29.5 Å². The summed E-state index contributed by atoms with van der Waals surface area (Å²) in [7, 11) is 2.00. The first-order valence-electron chi connectivity index (χ1n) is 12.9. The number of carbonyl (C=O) groups is 1. The van der Waals surface area contributed by atoms with Gasteiger partial charge in [-0.1, -0.05) is 30.3 Å². The van der Waals surface area contributed by atoms with Crippen molar-refractivity contribution < 1.29 is 9.53 Å². The maximum absolute atomic E-state index is 11.9. The molecule has 198 valence electrons. The zero-order valence-electron chi connectivity index (χ0n) is 22.0. The summed E-state index contributed by atoms with van der Waals surface area (Å²) in [6.07, 6.45) is 0.785. The molecule has 0 bridgehead atoms. The number of esters is 1. The molecule has 0 saturated heterocycles. The molecule has 3 aromatic carbocycles. The first-order chi connectivity index (χ1) is 18.9. The van der Waals surface area contributed by atoms with Crippen molar-refractivity contribution in [2.45, 2.75) is 26.3 Å². The monoisotopic (exact) mass is 521 g/mol. The molecule has 5 aromatic rings. The van der Waals surface area contributed by atoms with Gasteiger partial charge in [0.25, 0.3) is 0 Å². The molecule has 0 saturated carbocycles. The second-order valence-corrected chi connectivity index (χ2v) is 9.21. The summed E-state index contributed by atoms with van der Waals surface area (Å²) in [5.41, 5.74) is 12.7. The summed E-state index contributed by atoms with van der Waals surface area (Å²) < 4.78 is 9.08. The quantitative estimate of drug-likeness (QED) is 0.138. The van der Waals surface area contributed by atoms with E-state index in [1.807, 2.05) is 79.3 Å². The van der Waals surface area contributed by atoms with Gasteiger partial charge in [0, 0.05) is 30.3 Å². The molecule has 5 rings (SSSR count). The Balaban J connectivity index is 1.42. The van der Waals surface area contributed by atoms with Crippen molar-refractivity contribution >= 4 is 28.5 Å². The lowest BCUT2D eigenvalue weighted by atomic mass is 10.1. The van der Waals surface area contributed by atoms with Crippen molar-refractivity contribution in [3.8, 4) is 16.9 Å². The molecule has 0 aliphatic carbocycles. The van der Waals surface area contributed by atoms with Gasteiger partial charge in [0.1, 0.15) is 11.7 Å². The first kappa shape index (κ1) is 25.7. The van der Waals surface area contributed by atoms with E-state index in [1.54, 1.807) is 0 Å². The van der Waals surface area contributed by atoms with Gasteiger partial charge in [-0.2, -0.15) is 5.10 Å². The molecule has 9 nitrogen and oxygen atoms in total. The lowest BCUT2D eigenvalue weighted by molar-refractivity contribution is -0.143. The van der Waals surface area contributed by atoms with Gasteiger partial charge in [0.2, 0.25) is 0 Å². The van der Waals surface area contributed by atoms with Crippen LogP contribution in [0.4, 0.5) is 5.69 Å². The number of hydrogen-bond donors (Lipinski definition) is 3. The van der Waals surface area contributed by atoms with Gasteiger partial charge in [-0.25, -0.2) is 9.67 Å². The predicted octanol–water partition coefficient (Wildman–Crippen LogP) is 4.82. The molecule has 2 heterocycles. The maximum Gasteiger partial charge on any atom is 0.306 e. The Kier molecular flexibility index (Phi) is 7.40. The molecular weight excluding hydrogens is 490 g/mol. The average molecular weight is 522 g/mol. The zero-order chi connectivity index (χ0) is 27.4. The SMILES string of the molecule is CCOC(=O)CCc1cc(-c2ccccc2)n(-c2ccc3c(c2)nc(CNc2ccc(C(=N)N)cc2)n3C)n1. The lowest BCUT2D eigenvalue weighted by Gasteiger charge is -2.08. The minimum Gasteiger partial charge on any atom is -0.466 e. The van der Waals surface area contributed by atoms with E-state index in [9.17, 15) is 4.79 Å². The molecule has 0 amide bonds. The highest BCUT2D eigenvalue weighted by Gasteiger charge is 2.15. The van der Waals surface area contributed by atoms with Crippen LogP contribution in [0.25, 0.3) is 28.0 Å². The number of nitrogens with one attached hydrogen (secondary N) is 2. The van der Waals surface area contributed by atoms with Gasteiger partial charge in [0.05, 0.1) is 47.7 Å². The third-order valence-corrected chi connectivity index (χ3v) is 6.57. The van der Waals surface area contributed by atoms with Gasteiger partial charge in [-0.3, -0.25) is 10.2 Å². The molecule has 0 unspecified atom stereocenters. The highest BCUT2D eigenvalue weighted by molar-refractivity contribution is 5.95. The number of imidazole rings is 1. The summed E-state index contributed by atoms with van der Waals surface area (Å²) in [5, 5.41) is 15.8. The van der Waals surface area contributed by atoms with Crippen molar-refractivity contribution in [2.75, 3.05) is 11.9 Å². The standard InChI is InChI=1S/C30H31N7O2/c1-3-39-29(38)16-13-23-17-27(20-7-5-4-6-8-20)37(35-23)24-14-15-26-25(18-24)34-28(36(26)2)19-33-22-11-9-21(10-12-22)30(31)32/h4-12,14-15,17-18,33H,3,13,16,19H2,1-2H3,(H3,31,32). The van der Waals surface area contributed by atoms with Gasteiger partial charge in [-0.15, -0.1) is 0 Å². The number of aromatic nitrogens is 4. The summed E-state index contributed by atoms with van der Waals surface area (Å²) in [6.45, 7) is 2.72. The van der Waals surface area contributed by atoms with Crippen LogP contribution < -0.4 is 11.1 Å². The Labute approximate surface area is 226 Å². The van der Waals surface area contributed by atoms with Gasteiger partial charge in [-0.05, 0) is 55.5 Å². The highest BCUT2D eigenvalue weighted by atomic mass is 16.5. The third kappa shape index (κ3) is 5.67. The second-order valence-electron chi connectivity index (χ2n) is 9.21. The van der Waals surface area contributed by atoms with Gasteiger partial charge >= 0.3 is 5.97 Å². The lowest BCUT2D eigenvalue weighted by Crippen LogP contribution is -2.11. The Morgan fingerprint density at radius 2 is 1.82 bits per heavy atom. The van der Waals surface area contributed by atoms with E-state index in [4.69, 9.17) is 26.0 Å². The fraction of sp³-hybridized carbons (Fsp3) is 0.200. The fourth-order valence-electron chi connectivity index (χ4n) is 4.50. The Hall–Kier alpha value is -4.92. The minimum atomic E-state index is -0.223. The number of ether oxygens (including phenoxy) is 1. The number of benzene rings is 3. The largest absolute Gasteiger partial charge is 0.466 e. The highest BCUT2D eigenvalue weighted by Crippen LogP contribution is 2.27. The molecule has 0 fully saturated rings. The molecular formula is C30H31N7O2. The van der Waals surface area contributed by atoms with Crippen molar-refractivity contribution in [3.05, 3.63) is 95.9 Å². The van der Waals surface area contributed by atoms with E-state index in [2.05, 4.69) is 28.1 Å². The Bertz CT molecular complexity index is 1620. The van der Waals surface area contributed by atoms with E-state index in [-0.39, 0.29) is 18.2 Å². The van der Waals surface area contributed by atoms with E-state index >= 15 is 0 Å². The summed E-state index contributed by atoms with van der Waals surface area (Å²) in [5.74, 6) is 0.710. The molecule has 0 spiro atoms. The first-order valence-corrected chi connectivity index (χ1v) is 12.9. The van der Waals surface area contributed by atoms with Crippen molar-refractivity contribution in [1.82, 2.24) is 19.3 Å². The van der Waals surface area contributed by atoms with E-state index in [0.717, 1.165) is 45.2 Å². The third-order valence-electron chi connectivity index (χ3n) is 6.57. The van der Waals surface area contributed by atoms with Crippen LogP contribution in [0.1, 0.15) is 30.4 Å². The van der Waals surface area contributed by atoms with Gasteiger partial charge < -0.3 is 20.4 Å². The second kappa shape index (κ2) is 11.2. The number of rotatable bonds is 10. The molecule has 39 heavy (non-hydrogen) atoms. The normalized spacial score (nSPS) is 11.0.